The van der Waals surface area contributed by atoms with Crippen molar-refractivity contribution >= 4 is 11.6 Å². The standard InChI is InChI=1S/C11H17N3O/c1-2-13-11(15)9-4-3-5-10(8-9)14-7-6-12/h3-5,8,14H,2,6-7,12H2,1H3,(H,13,15). The zero-order chi connectivity index (χ0) is 11.1. The lowest BCUT2D eigenvalue weighted by Gasteiger charge is -2.07. The van der Waals surface area contributed by atoms with Crippen LogP contribution in [0.25, 0.3) is 0 Å². The molecule has 0 aromatic heterocycles. The number of carbonyl (C=O) groups excluding carboxylic acids is 1. The van der Waals surface area contributed by atoms with Crippen molar-refractivity contribution in [3.63, 3.8) is 0 Å². The number of hydrogen-bond donors (Lipinski definition) is 3. The first-order valence-corrected chi connectivity index (χ1v) is 5.10. The lowest BCUT2D eigenvalue weighted by Crippen LogP contribution is -2.22. The second-order valence-electron chi connectivity index (χ2n) is 3.16. The monoisotopic (exact) mass is 207 g/mol. The molecule has 4 heteroatoms. The summed E-state index contributed by atoms with van der Waals surface area (Å²) in [5, 5.41) is 5.88. The van der Waals surface area contributed by atoms with Crippen LogP contribution in [-0.4, -0.2) is 25.5 Å². The molecule has 0 aliphatic heterocycles. The summed E-state index contributed by atoms with van der Waals surface area (Å²) in [6, 6.07) is 7.38. The van der Waals surface area contributed by atoms with Crippen molar-refractivity contribution in [1.29, 1.82) is 0 Å². The first kappa shape index (κ1) is 11.5. The Kier molecular flexibility index (Phi) is 4.63. The highest BCUT2D eigenvalue weighted by molar-refractivity contribution is 5.95. The van der Waals surface area contributed by atoms with Gasteiger partial charge in [-0.15, -0.1) is 0 Å². The van der Waals surface area contributed by atoms with Gasteiger partial charge in [-0.25, -0.2) is 0 Å². The zero-order valence-corrected chi connectivity index (χ0v) is 8.92. The van der Waals surface area contributed by atoms with Crippen LogP contribution in [0.3, 0.4) is 0 Å². The molecular weight excluding hydrogens is 190 g/mol. The van der Waals surface area contributed by atoms with Crippen molar-refractivity contribution in [3.8, 4) is 0 Å². The number of nitrogens with two attached hydrogens (primary N) is 1. The van der Waals surface area contributed by atoms with E-state index in [0.29, 0.717) is 25.2 Å². The molecule has 1 aromatic carbocycles. The third-order valence-electron chi connectivity index (χ3n) is 1.94. The van der Waals surface area contributed by atoms with E-state index in [1.807, 2.05) is 25.1 Å². The summed E-state index contributed by atoms with van der Waals surface area (Å²) >= 11 is 0. The normalized spacial score (nSPS) is 9.73. The second-order valence-corrected chi connectivity index (χ2v) is 3.16. The smallest absolute Gasteiger partial charge is 0.251 e. The fourth-order valence-electron chi connectivity index (χ4n) is 1.25. The predicted octanol–water partition coefficient (Wildman–Crippen LogP) is 0.807. The van der Waals surface area contributed by atoms with E-state index in [-0.39, 0.29) is 5.91 Å². The Bertz CT molecular complexity index is 325. The average Bonchev–Trinajstić information content (AvgIpc) is 2.27. The van der Waals surface area contributed by atoms with Gasteiger partial charge in [0.05, 0.1) is 0 Å². The minimum atomic E-state index is -0.0473. The molecule has 0 heterocycles. The van der Waals surface area contributed by atoms with Crippen LogP contribution in [0.1, 0.15) is 17.3 Å². The topological polar surface area (TPSA) is 67.2 Å². The van der Waals surface area contributed by atoms with Gasteiger partial charge in [0.1, 0.15) is 0 Å². The maximum Gasteiger partial charge on any atom is 0.251 e. The largest absolute Gasteiger partial charge is 0.384 e. The van der Waals surface area contributed by atoms with Gasteiger partial charge in [0, 0.05) is 30.9 Å². The Morgan fingerprint density at radius 1 is 1.47 bits per heavy atom. The Morgan fingerprint density at radius 3 is 2.93 bits per heavy atom. The average molecular weight is 207 g/mol. The summed E-state index contributed by atoms with van der Waals surface area (Å²) in [6.07, 6.45) is 0. The van der Waals surface area contributed by atoms with Crippen LogP contribution >= 0.6 is 0 Å². The van der Waals surface area contributed by atoms with Crippen molar-refractivity contribution in [2.45, 2.75) is 6.92 Å². The molecule has 1 amide bonds. The van der Waals surface area contributed by atoms with Gasteiger partial charge in [-0.2, -0.15) is 0 Å². The highest BCUT2D eigenvalue weighted by Crippen LogP contribution is 2.09. The molecule has 1 rings (SSSR count). The molecule has 82 valence electrons. The molecule has 0 radical (unpaired) electrons. The molecule has 0 aliphatic carbocycles. The minimum Gasteiger partial charge on any atom is -0.384 e. The summed E-state index contributed by atoms with van der Waals surface area (Å²) < 4.78 is 0. The van der Waals surface area contributed by atoms with E-state index in [1.165, 1.54) is 0 Å². The molecule has 4 N–H and O–H groups in total. The molecule has 0 atom stereocenters. The van der Waals surface area contributed by atoms with Gasteiger partial charge in [0.25, 0.3) is 5.91 Å². The summed E-state index contributed by atoms with van der Waals surface area (Å²) in [5.74, 6) is -0.0473. The minimum absolute atomic E-state index is 0.0473. The molecule has 15 heavy (non-hydrogen) atoms. The molecule has 0 aliphatic rings. The maximum absolute atomic E-state index is 11.5. The van der Waals surface area contributed by atoms with E-state index < -0.39 is 0 Å². The lowest BCUT2D eigenvalue weighted by atomic mass is 10.2. The molecule has 0 fully saturated rings. The van der Waals surface area contributed by atoms with Gasteiger partial charge >= 0.3 is 0 Å². The Hall–Kier alpha value is -1.55. The highest BCUT2D eigenvalue weighted by Gasteiger charge is 2.03. The van der Waals surface area contributed by atoms with Crippen LogP contribution in [-0.2, 0) is 0 Å². The number of benzene rings is 1. The number of carbonyl (C=O) groups is 1. The van der Waals surface area contributed by atoms with Crippen LogP contribution in [0.5, 0.6) is 0 Å². The summed E-state index contributed by atoms with van der Waals surface area (Å²) in [7, 11) is 0. The van der Waals surface area contributed by atoms with Gasteiger partial charge in [0.2, 0.25) is 0 Å². The van der Waals surface area contributed by atoms with Crippen LogP contribution in [0.15, 0.2) is 24.3 Å². The van der Waals surface area contributed by atoms with Crippen molar-refractivity contribution in [3.05, 3.63) is 29.8 Å². The lowest BCUT2D eigenvalue weighted by molar-refractivity contribution is 0.0956. The number of anilines is 1. The van der Waals surface area contributed by atoms with Crippen LogP contribution in [0.2, 0.25) is 0 Å². The van der Waals surface area contributed by atoms with Gasteiger partial charge in [-0.1, -0.05) is 6.07 Å². The quantitative estimate of drug-likeness (QED) is 0.669. The fraction of sp³-hybridized carbons (Fsp3) is 0.364. The third-order valence-corrected chi connectivity index (χ3v) is 1.94. The highest BCUT2D eigenvalue weighted by atomic mass is 16.1. The van der Waals surface area contributed by atoms with Crippen molar-refractivity contribution < 1.29 is 4.79 Å². The molecule has 0 saturated heterocycles. The van der Waals surface area contributed by atoms with Crippen LogP contribution < -0.4 is 16.4 Å². The number of hydrogen-bond acceptors (Lipinski definition) is 3. The maximum atomic E-state index is 11.5. The van der Waals surface area contributed by atoms with Gasteiger partial charge in [0.15, 0.2) is 0 Å². The first-order valence-electron chi connectivity index (χ1n) is 5.10. The predicted molar refractivity (Wildman–Crippen MR) is 62.0 cm³/mol. The van der Waals surface area contributed by atoms with Crippen molar-refractivity contribution in [2.75, 3.05) is 25.0 Å². The van der Waals surface area contributed by atoms with E-state index in [2.05, 4.69) is 10.6 Å². The molecule has 0 bridgehead atoms. The Balaban J connectivity index is 2.69. The Labute approximate surface area is 89.9 Å². The second kappa shape index (κ2) is 6.03. The van der Waals surface area contributed by atoms with E-state index in [1.54, 1.807) is 6.07 Å². The Morgan fingerprint density at radius 2 is 2.27 bits per heavy atom. The molecule has 0 spiro atoms. The molecular formula is C11H17N3O. The van der Waals surface area contributed by atoms with E-state index in [0.717, 1.165) is 5.69 Å². The van der Waals surface area contributed by atoms with Crippen molar-refractivity contribution in [2.24, 2.45) is 5.73 Å². The molecule has 0 saturated carbocycles. The van der Waals surface area contributed by atoms with Gasteiger partial charge in [-0.3, -0.25) is 4.79 Å². The molecule has 0 unspecified atom stereocenters. The summed E-state index contributed by atoms with van der Waals surface area (Å²) in [4.78, 5) is 11.5. The zero-order valence-electron chi connectivity index (χ0n) is 8.92. The summed E-state index contributed by atoms with van der Waals surface area (Å²) in [5.41, 5.74) is 6.97. The van der Waals surface area contributed by atoms with Gasteiger partial charge < -0.3 is 16.4 Å². The van der Waals surface area contributed by atoms with E-state index >= 15 is 0 Å². The number of rotatable bonds is 5. The number of amides is 1. The fourth-order valence-corrected chi connectivity index (χ4v) is 1.25. The van der Waals surface area contributed by atoms with Gasteiger partial charge in [-0.05, 0) is 25.1 Å². The number of nitrogens with one attached hydrogen (secondary N) is 2. The molecule has 4 nitrogen and oxygen atoms in total. The van der Waals surface area contributed by atoms with Crippen LogP contribution in [0, 0.1) is 0 Å². The third kappa shape index (κ3) is 3.59. The van der Waals surface area contributed by atoms with E-state index in [9.17, 15) is 4.79 Å². The summed E-state index contributed by atoms with van der Waals surface area (Å²) in [6.45, 7) is 3.82. The first-order chi connectivity index (χ1) is 7.27. The molecule has 1 aromatic rings. The SMILES string of the molecule is CCNC(=O)c1cccc(NCCN)c1. The van der Waals surface area contributed by atoms with Crippen molar-refractivity contribution in [1.82, 2.24) is 5.32 Å². The van der Waals surface area contributed by atoms with Crippen LogP contribution in [0.4, 0.5) is 5.69 Å². The van der Waals surface area contributed by atoms with E-state index in [4.69, 9.17) is 5.73 Å².